The van der Waals surface area contributed by atoms with Gasteiger partial charge in [-0.3, -0.25) is 0 Å². The first kappa shape index (κ1) is 11.2. The van der Waals surface area contributed by atoms with Gasteiger partial charge in [0.25, 0.3) is 0 Å². The van der Waals surface area contributed by atoms with Crippen LogP contribution in [0.5, 0.6) is 5.75 Å². The summed E-state index contributed by atoms with van der Waals surface area (Å²) in [6, 6.07) is 11.9. The van der Waals surface area contributed by atoms with Crippen LogP contribution in [0.2, 0.25) is 0 Å². The number of phenolic OH excluding ortho intramolecular Hbond substituents is 1. The fourth-order valence-corrected chi connectivity index (χ4v) is 1.82. The van der Waals surface area contributed by atoms with E-state index < -0.39 is 5.97 Å². The lowest BCUT2D eigenvalue weighted by molar-refractivity contribution is 0.0697. The predicted molar refractivity (Wildman–Crippen MR) is 65.2 cm³/mol. The van der Waals surface area contributed by atoms with Gasteiger partial charge >= 0.3 is 5.97 Å². The van der Waals surface area contributed by atoms with Crippen LogP contribution in [0.3, 0.4) is 0 Å². The number of benzene rings is 2. The van der Waals surface area contributed by atoms with E-state index in [1.54, 1.807) is 6.07 Å². The fourth-order valence-electron chi connectivity index (χ4n) is 1.82. The highest BCUT2D eigenvalue weighted by Crippen LogP contribution is 2.29. The summed E-state index contributed by atoms with van der Waals surface area (Å²) in [5, 5.41) is 18.5. The van der Waals surface area contributed by atoms with Crippen molar-refractivity contribution in [3.63, 3.8) is 0 Å². The molecule has 0 fully saturated rings. The smallest absolute Gasteiger partial charge is 0.336 e. The van der Waals surface area contributed by atoms with Gasteiger partial charge in [-0.15, -0.1) is 0 Å². The molecule has 2 aromatic rings. The average molecular weight is 228 g/mol. The molecule has 2 rings (SSSR count). The number of carbonyl (C=O) groups is 1. The molecule has 2 aromatic carbocycles. The Balaban J connectivity index is 2.68. The Morgan fingerprint density at radius 3 is 2.41 bits per heavy atom. The van der Waals surface area contributed by atoms with E-state index in [4.69, 9.17) is 5.11 Å². The average Bonchev–Trinajstić information content (AvgIpc) is 2.30. The molecule has 17 heavy (non-hydrogen) atoms. The van der Waals surface area contributed by atoms with Crippen LogP contribution in [0.1, 0.15) is 15.9 Å². The fraction of sp³-hybridized carbons (Fsp3) is 0.0714. The Morgan fingerprint density at radius 2 is 1.76 bits per heavy atom. The Labute approximate surface area is 99.0 Å². The number of phenols is 1. The highest BCUT2D eigenvalue weighted by molar-refractivity contribution is 5.97. The summed E-state index contributed by atoms with van der Waals surface area (Å²) in [4.78, 5) is 11.1. The molecule has 0 heterocycles. The van der Waals surface area contributed by atoms with E-state index in [2.05, 4.69) is 0 Å². The van der Waals surface area contributed by atoms with Crippen LogP contribution in [-0.2, 0) is 0 Å². The summed E-state index contributed by atoms with van der Waals surface area (Å²) in [6.45, 7) is 1.92. The van der Waals surface area contributed by atoms with E-state index in [1.165, 1.54) is 12.1 Å². The lowest BCUT2D eigenvalue weighted by Gasteiger charge is -2.09. The molecule has 0 aliphatic rings. The second-order valence-corrected chi connectivity index (χ2v) is 3.85. The SMILES string of the molecule is Cc1ccccc1-c1ccc(O)cc1C(=O)O. The summed E-state index contributed by atoms with van der Waals surface area (Å²) in [5.74, 6) is -1.08. The van der Waals surface area contributed by atoms with Crippen LogP contribution in [0.4, 0.5) is 0 Å². The highest BCUT2D eigenvalue weighted by atomic mass is 16.4. The maximum Gasteiger partial charge on any atom is 0.336 e. The van der Waals surface area contributed by atoms with Gasteiger partial charge in [0.05, 0.1) is 5.56 Å². The van der Waals surface area contributed by atoms with Crippen molar-refractivity contribution in [1.82, 2.24) is 0 Å². The molecule has 0 unspecified atom stereocenters. The number of aryl methyl sites for hydroxylation is 1. The van der Waals surface area contributed by atoms with Crippen molar-refractivity contribution in [3.05, 3.63) is 53.6 Å². The maximum atomic E-state index is 11.1. The minimum absolute atomic E-state index is 0.0419. The molecule has 0 amide bonds. The van der Waals surface area contributed by atoms with Gasteiger partial charge in [0.15, 0.2) is 0 Å². The molecule has 3 nitrogen and oxygen atoms in total. The van der Waals surface area contributed by atoms with Crippen LogP contribution in [0.15, 0.2) is 42.5 Å². The molecule has 0 atom stereocenters. The van der Waals surface area contributed by atoms with Crippen LogP contribution in [0.25, 0.3) is 11.1 Å². The zero-order valence-electron chi connectivity index (χ0n) is 9.34. The lowest BCUT2D eigenvalue weighted by atomic mass is 9.96. The number of carboxylic acid groups (broad SMARTS) is 1. The molecular formula is C14H12O3. The summed E-state index contributed by atoms with van der Waals surface area (Å²) < 4.78 is 0. The Kier molecular flexibility index (Phi) is 2.83. The molecule has 0 aliphatic heterocycles. The second-order valence-electron chi connectivity index (χ2n) is 3.85. The molecule has 0 aliphatic carbocycles. The van der Waals surface area contributed by atoms with Gasteiger partial charge in [-0.2, -0.15) is 0 Å². The third-order valence-electron chi connectivity index (χ3n) is 2.67. The molecule has 0 saturated heterocycles. The Morgan fingerprint density at radius 1 is 1.06 bits per heavy atom. The van der Waals surface area contributed by atoms with Crippen molar-refractivity contribution in [2.45, 2.75) is 6.92 Å². The maximum absolute atomic E-state index is 11.1. The van der Waals surface area contributed by atoms with Crippen LogP contribution in [0, 0.1) is 6.92 Å². The van der Waals surface area contributed by atoms with E-state index in [9.17, 15) is 9.90 Å². The zero-order chi connectivity index (χ0) is 12.4. The molecule has 0 saturated carbocycles. The first-order chi connectivity index (χ1) is 8.09. The Bertz CT molecular complexity index is 573. The number of aromatic hydroxyl groups is 1. The summed E-state index contributed by atoms with van der Waals surface area (Å²) in [6.07, 6.45) is 0. The van der Waals surface area contributed by atoms with Gasteiger partial charge in [-0.25, -0.2) is 4.79 Å². The summed E-state index contributed by atoms with van der Waals surface area (Å²) in [7, 11) is 0. The molecule has 2 N–H and O–H groups in total. The summed E-state index contributed by atoms with van der Waals surface area (Å²) >= 11 is 0. The van der Waals surface area contributed by atoms with Crippen molar-refractivity contribution in [2.75, 3.05) is 0 Å². The number of rotatable bonds is 2. The normalized spacial score (nSPS) is 10.2. The third kappa shape index (κ3) is 2.13. The lowest BCUT2D eigenvalue weighted by Crippen LogP contribution is -2.00. The van der Waals surface area contributed by atoms with Crippen LogP contribution < -0.4 is 0 Å². The molecule has 0 bridgehead atoms. The predicted octanol–water partition coefficient (Wildman–Crippen LogP) is 3.07. The molecule has 0 radical (unpaired) electrons. The van der Waals surface area contributed by atoms with E-state index in [-0.39, 0.29) is 11.3 Å². The van der Waals surface area contributed by atoms with E-state index >= 15 is 0 Å². The van der Waals surface area contributed by atoms with Crippen molar-refractivity contribution < 1.29 is 15.0 Å². The number of hydrogen-bond acceptors (Lipinski definition) is 2. The highest BCUT2D eigenvalue weighted by Gasteiger charge is 2.13. The molecule has 3 heteroatoms. The first-order valence-electron chi connectivity index (χ1n) is 5.22. The van der Waals surface area contributed by atoms with Crippen LogP contribution in [-0.4, -0.2) is 16.2 Å². The standard InChI is InChI=1S/C14H12O3/c1-9-4-2-3-5-11(9)12-7-6-10(15)8-13(12)14(16)17/h2-8,15H,1H3,(H,16,17). The van der Waals surface area contributed by atoms with Gasteiger partial charge < -0.3 is 10.2 Å². The van der Waals surface area contributed by atoms with Gasteiger partial charge in [-0.05, 0) is 41.8 Å². The minimum Gasteiger partial charge on any atom is -0.508 e. The third-order valence-corrected chi connectivity index (χ3v) is 2.67. The monoisotopic (exact) mass is 228 g/mol. The molecular weight excluding hydrogens is 216 g/mol. The zero-order valence-corrected chi connectivity index (χ0v) is 9.34. The van der Waals surface area contributed by atoms with Gasteiger partial charge in [0.1, 0.15) is 5.75 Å². The van der Waals surface area contributed by atoms with Crippen molar-refractivity contribution in [2.24, 2.45) is 0 Å². The topological polar surface area (TPSA) is 57.5 Å². The Hall–Kier alpha value is -2.29. The molecule has 0 spiro atoms. The van der Waals surface area contributed by atoms with E-state index in [0.717, 1.165) is 11.1 Å². The van der Waals surface area contributed by atoms with Crippen LogP contribution >= 0.6 is 0 Å². The number of carboxylic acids is 1. The van der Waals surface area contributed by atoms with Crippen molar-refractivity contribution in [3.8, 4) is 16.9 Å². The van der Waals surface area contributed by atoms with Gasteiger partial charge in [0, 0.05) is 0 Å². The minimum atomic E-state index is -1.04. The van der Waals surface area contributed by atoms with Crippen molar-refractivity contribution >= 4 is 5.97 Å². The first-order valence-corrected chi connectivity index (χ1v) is 5.22. The largest absolute Gasteiger partial charge is 0.508 e. The second kappa shape index (κ2) is 4.29. The van der Waals surface area contributed by atoms with E-state index in [0.29, 0.717) is 5.56 Å². The van der Waals surface area contributed by atoms with Gasteiger partial charge in [-0.1, -0.05) is 24.3 Å². The van der Waals surface area contributed by atoms with E-state index in [1.807, 2.05) is 31.2 Å². The van der Waals surface area contributed by atoms with Crippen molar-refractivity contribution in [1.29, 1.82) is 0 Å². The quantitative estimate of drug-likeness (QED) is 0.830. The summed E-state index contributed by atoms with van der Waals surface area (Å²) in [5.41, 5.74) is 2.60. The number of hydrogen-bond donors (Lipinski definition) is 2. The number of aromatic carboxylic acids is 1. The molecule has 86 valence electrons. The molecule has 0 aromatic heterocycles. The van der Waals surface area contributed by atoms with Gasteiger partial charge in [0.2, 0.25) is 0 Å².